The van der Waals surface area contributed by atoms with Crippen molar-refractivity contribution < 1.29 is 23.5 Å². The maximum Gasteiger partial charge on any atom is 0.309 e. The van der Waals surface area contributed by atoms with Gasteiger partial charge in [-0.25, -0.2) is 9.37 Å². The average molecular weight is 434 g/mol. The molecule has 9 heteroatoms. The molecule has 7 nitrogen and oxygen atoms in total. The molecule has 1 aromatic heterocycles. The number of hydrogen-bond acceptors (Lipinski definition) is 6. The van der Waals surface area contributed by atoms with Crippen molar-refractivity contribution in [3.63, 3.8) is 0 Å². The van der Waals surface area contributed by atoms with E-state index in [4.69, 9.17) is 4.74 Å². The van der Waals surface area contributed by atoms with Gasteiger partial charge < -0.3 is 14.5 Å². The maximum absolute atomic E-state index is 13.9. The van der Waals surface area contributed by atoms with Gasteiger partial charge in [-0.1, -0.05) is 12.1 Å². The van der Waals surface area contributed by atoms with Crippen LogP contribution in [-0.2, 0) is 14.3 Å². The van der Waals surface area contributed by atoms with E-state index in [-0.39, 0.29) is 30.0 Å². The number of likely N-dealkylation sites (tertiary alicyclic amines) is 1. The van der Waals surface area contributed by atoms with Crippen molar-refractivity contribution in [2.24, 2.45) is 5.92 Å². The molecule has 2 heterocycles. The van der Waals surface area contributed by atoms with Crippen LogP contribution in [0.1, 0.15) is 30.3 Å². The minimum absolute atomic E-state index is 0.0878. The highest BCUT2D eigenvalue weighted by Crippen LogP contribution is 2.26. The number of ether oxygens (including phenoxy) is 1. The molecule has 0 N–H and O–H groups in total. The number of hydrogen-bond donors (Lipinski definition) is 0. The Morgan fingerprint density at radius 2 is 1.97 bits per heavy atom. The Labute approximate surface area is 178 Å². The average Bonchev–Trinajstić information content (AvgIpc) is 3.23. The van der Waals surface area contributed by atoms with Crippen LogP contribution < -0.4 is 0 Å². The molecule has 30 heavy (non-hydrogen) atoms. The standard InChI is InChI=1S/C21H24FN3O4S/c1-3-29-21(28)14-8-10-25(11-9-14)18(26)12-24(2)20(27)17-13-30-19(23-17)15-6-4-5-7-16(15)22/h4-7,13-14H,3,8-12H2,1-2H3. The van der Waals surface area contributed by atoms with Gasteiger partial charge in [0.05, 0.1) is 19.1 Å². The predicted octanol–water partition coefficient (Wildman–Crippen LogP) is 2.82. The number of piperidine rings is 1. The van der Waals surface area contributed by atoms with Gasteiger partial charge in [0.25, 0.3) is 5.91 Å². The zero-order chi connectivity index (χ0) is 21.7. The number of nitrogens with zero attached hydrogens (tertiary/aromatic N) is 3. The number of aromatic nitrogens is 1. The largest absolute Gasteiger partial charge is 0.466 e. The van der Waals surface area contributed by atoms with Gasteiger partial charge in [-0.2, -0.15) is 0 Å². The summed E-state index contributed by atoms with van der Waals surface area (Å²) in [6.07, 6.45) is 1.11. The lowest BCUT2D eigenvalue weighted by Crippen LogP contribution is -2.45. The Morgan fingerprint density at radius 3 is 2.63 bits per heavy atom. The Morgan fingerprint density at radius 1 is 1.27 bits per heavy atom. The molecule has 0 unspecified atom stereocenters. The molecule has 0 radical (unpaired) electrons. The first-order valence-electron chi connectivity index (χ1n) is 9.81. The second kappa shape index (κ2) is 9.80. The molecule has 0 atom stereocenters. The summed E-state index contributed by atoms with van der Waals surface area (Å²) < 4.78 is 19.0. The second-order valence-corrected chi connectivity index (χ2v) is 7.94. The fraction of sp³-hybridized carbons (Fsp3) is 0.429. The summed E-state index contributed by atoms with van der Waals surface area (Å²) in [5.41, 5.74) is 0.513. The van der Waals surface area contributed by atoms with Gasteiger partial charge in [0.15, 0.2) is 0 Å². The van der Waals surface area contributed by atoms with Crippen LogP contribution in [0, 0.1) is 11.7 Å². The summed E-state index contributed by atoms with van der Waals surface area (Å²) in [6.45, 7) is 2.94. The molecule has 160 valence electrons. The molecule has 2 amide bonds. The molecule has 0 saturated carbocycles. The normalized spacial score (nSPS) is 14.4. The van der Waals surface area contributed by atoms with Crippen LogP contribution in [0.15, 0.2) is 29.6 Å². The highest BCUT2D eigenvalue weighted by atomic mass is 32.1. The minimum atomic E-state index is -0.402. The molecule has 1 aliphatic rings. The van der Waals surface area contributed by atoms with Crippen LogP contribution in [-0.4, -0.2) is 65.9 Å². The van der Waals surface area contributed by atoms with E-state index in [0.717, 1.165) is 0 Å². The van der Waals surface area contributed by atoms with Crippen LogP contribution in [0.4, 0.5) is 4.39 Å². The summed E-state index contributed by atoms with van der Waals surface area (Å²) in [4.78, 5) is 44.2. The number of likely N-dealkylation sites (N-methyl/N-ethyl adjacent to an activating group) is 1. The minimum Gasteiger partial charge on any atom is -0.466 e. The van der Waals surface area contributed by atoms with Gasteiger partial charge in [-0.15, -0.1) is 11.3 Å². The summed E-state index contributed by atoms with van der Waals surface area (Å²) in [7, 11) is 1.54. The summed E-state index contributed by atoms with van der Waals surface area (Å²) in [5.74, 6) is -1.38. The maximum atomic E-state index is 13.9. The van der Waals surface area contributed by atoms with Crippen LogP contribution in [0.3, 0.4) is 0 Å². The van der Waals surface area contributed by atoms with E-state index >= 15 is 0 Å². The molecular weight excluding hydrogens is 409 g/mol. The lowest BCUT2D eigenvalue weighted by molar-refractivity contribution is -0.151. The Kier molecular flexibility index (Phi) is 7.15. The third-order valence-corrected chi connectivity index (χ3v) is 5.89. The highest BCUT2D eigenvalue weighted by molar-refractivity contribution is 7.13. The van der Waals surface area contributed by atoms with Crippen molar-refractivity contribution in [1.82, 2.24) is 14.8 Å². The lowest BCUT2D eigenvalue weighted by Gasteiger charge is -2.32. The van der Waals surface area contributed by atoms with Gasteiger partial charge in [0.2, 0.25) is 5.91 Å². The van der Waals surface area contributed by atoms with Crippen molar-refractivity contribution in [1.29, 1.82) is 0 Å². The first-order chi connectivity index (χ1) is 14.4. The van der Waals surface area contributed by atoms with E-state index in [0.29, 0.717) is 43.1 Å². The molecule has 1 fully saturated rings. The topological polar surface area (TPSA) is 79.8 Å². The van der Waals surface area contributed by atoms with E-state index in [9.17, 15) is 18.8 Å². The predicted molar refractivity (Wildman–Crippen MR) is 110 cm³/mol. The number of thiazole rings is 1. The molecule has 1 saturated heterocycles. The quantitative estimate of drug-likeness (QED) is 0.655. The molecule has 3 rings (SSSR count). The number of carbonyl (C=O) groups excluding carboxylic acids is 3. The monoisotopic (exact) mass is 433 g/mol. The zero-order valence-electron chi connectivity index (χ0n) is 17.0. The van der Waals surface area contributed by atoms with E-state index < -0.39 is 11.7 Å². The van der Waals surface area contributed by atoms with Gasteiger partial charge in [-0.05, 0) is 31.9 Å². The van der Waals surface area contributed by atoms with Crippen molar-refractivity contribution in [3.8, 4) is 10.6 Å². The number of rotatable bonds is 6. The summed E-state index contributed by atoms with van der Waals surface area (Å²) >= 11 is 1.18. The fourth-order valence-electron chi connectivity index (χ4n) is 3.33. The third kappa shape index (κ3) is 5.02. The van der Waals surface area contributed by atoms with Gasteiger partial charge in [0.1, 0.15) is 16.5 Å². The van der Waals surface area contributed by atoms with Crippen molar-refractivity contribution in [2.75, 3.05) is 33.3 Å². The first-order valence-corrected chi connectivity index (χ1v) is 10.7. The lowest BCUT2D eigenvalue weighted by atomic mass is 9.97. The number of esters is 1. The van der Waals surface area contributed by atoms with Gasteiger partial charge in [0, 0.05) is 31.1 Å². The van der Waals surface area contributed by atoms with Crippen LogP contribution in [0.5, 0.6) is 0 Å². The van der Waals surface area contributed by atoms with Crippen molar-refractivity contribution in [3.05, 3.63) is 41.2 Å². The van der Waals surface area contributed by atoms with Crippen LogP contribution in [0.25, 0.3) is 10.6 Å². The third-order valence-electron chi connectivity index (χ3n) is 5.01. The van der Waals surface area contributed by atoms with Crippen molar-refractivity contribution >= 4 is 29.1 Å². The number of amides is 2. The summed E-state index contributed by atoms with van der Waals surface area (Å²) in [6, 6.07) is 6.24. The van der Waals surface area contributed by atoms with E-state index in [1.54, 1.807) is 35.4 Å². The molecule has 0 spiro atoms. The smallest absolute Gasteiger partial charge is 0.309 e. The van der Waals surface area contributed by atoms with E-state index in [1.165, 1.54) is 29.4 Å². The van der Waals surface area contributed by atoms with E-state index in [1.807, 2.05) is 0 Å². The molecule has 1 aromatic carbocycles. The van der Waals surface area contributed by atoms with Crippen LogP contribution >= 0.6 is 11.3 Å². The Balaban J connectivity index is 1.55. The summed E-state index contributed by atoms with van der Waals surface area (Å²) in [5, 5.41) is 1.98. The molecule has 2 aromatic rings. The SMILES string of the molecule is CCOC(=O)C1CCN(C(=O)CN(C)C(=O)c2csc(-c3ccccc3F)n2)CC1. The zero-order valence-corrected chi connectivity index (χ0v) is 17.8. The van der Waals surface area contributed by atoms with Crippen LogP contribution in [0.2, 0.25) is 0 Å². The van der Waals surface area contributed by atoms with Crippen molar-refractivity contribution in [2.45, 2.75) is 19.8 Å². The Bertz CT molecular complexity index is 924. The molecule has 0 bridgehead atoms. The first kappa shape index (κ1) is 21.9. The fourth-order valence-corrected chi connectivity index (χ4v) is 4.15. The number of halogens is 1. The number of carbonyl (C=O) groups is 3. The van der Waals surface area contributed by atoms with E-state index in [2.05, 4.69) is 4.98 Å². The molecular formula is C21H24FN3O4S. The number of benzene rings is 1. The van der Waals surface area contributed by atoms with Gasteiger partial charge >= 0.3 is 5.97 Å². The molecule has 1 aliphatic heterocycles. The Hall–Kier alpha value is -2.81. The highest BCUT2D eigenvalue weighted by Gasteiger charge is 2.29. The van der Waals surface area contributed by atoms with Gasteiger partial charge in [-0.3, -0.25) is 14.4 Å². The second-order valence-electron chi connectivity index (χ2n) is 7.09. The molecule has 0 aliphatic carbocycles.